The van der Waals surface area contributed by atoms with Gasteiger partial charge < -0.3 is 26.0 Å². The van der Waals surface area contributed by atoms with Crippen molar-refractivity contribution in [3.05, 3.63) is 59.7 Å². The summed E-state index contributed by atoms with van der Waals surface area (Å²) in [6.07, 6.45) is 1.09. The average molecular weight is 330 g/mol. The van der Waals surface area contributed by atoms with Crippen LogP contribution in [0.3, 0.4) is 0 Å². The summed E-state index contributed by atoms with van der Waals surface area (Å²) in [6, 6.07) is 14.7. The Bertz CT molecular complexity index is 579. The van der Waals surface area contributed by atoms with Crippen LogP contribution in [0.25, 0.3) is 0 Å². The van der Waals surface area contributed by atoms with E-state index in [1.807, 2.05) is 48.5 Å². The molecular weight excluding hydrogens is 304 g/mol. The lowest BCUT2D eigenvalue weighted by Crippen LogP contribution is -2.34. The highest BCUT2D eigenvalue weighted by Gasteiger charge is 2.31. The van der Waals surface area contributed by atoms with Gasteiger partial charge in [-0.05, 0) is 48.2 Å². The van der Waals surface area contributed by atoms with E-state index in [4.69, 9.17) is 20.9 Å². The van der Waals surface area contributed by atoms with Crippen LogP contribution in [0.2, 0.25) is 0 Å². The first kappa shape index (κ1) is 18.3. The molecule has 0 aliphatic heterocycles. The summed E-state index contributed by atoms with van der Waals surface area (Å²) in [5.74, 6) is 1.49. The summed E-state index contributed by atoms with van der Waals surface area (Å²) in [4.78, 5) is 0. The second-order valence-electron chi connectivity index (χ2n) is 5.85. The molecule has 2 aromatic carbocycles. The third-order valence-corrected chi connectivity index (χ3v) is 4.31. The minimum Gasteiger partial charge on any atom is -0.497 e. The van der Waals surface area contributed by atoms with Crippen LogP contribution < -0.4 is 20.9 Å². The minimum atomic E-state index is -1.15. The predicted molar refractivity (Wildman–Crippen MR) is 95.3 cm³/mol. The number of hydrogen-bond donors (Lipinski definition) is 3. The maximum Gasteiger partial charge on any atom is 0.118 e. The lowest BCUT2D eigenvalue weighted by Gasteiger charge is -2.30. The lowest BCUT2D eigenvalue weighted by atomic mass is 9.81. The highest BCUT2D eigenvalue weighted by atomic mass is 16.5. The maximum atomic E-state index is 11.4. The summed E-state index contributed by atoms with van der Waals surface area (Å²) in [5, 5.41) is 11.4. The number of methoxy groups -OCH3 is 2. The van der Waals surface area contributed by atoms with Crippen LogP contribution in [-0.2, 0) is 5.60 Å². The van der Waals surface area contributed by atoms with Gasteiger partial charge >= 0.3 is 0 Å². The van der Waals surface area contributed by atoms with E-state index in [9.17, 15) is 5.11 Å². The van der Waals surface area contributed by atoms with Crippen LogP contribution >= 0.6 is 0 Å². The molecule has 0 aliphatic rings. The fourth-order valence-corrected chi connectivity index (χ4v) is 2.70. The number of nitrogens with two attached hydrogens (primary N) is 2. The van der Waals surface area contributed by atoms with Gasteiger partial charge in [0.15, 0.2) is 0 Å². The molecule has 0 aromatic heterocycles. The monoisotopic (exact) mass is 330 g/mol. The molecule has 1 atom stereocenters. The van der Waals surface area contributed by atoms with Crippen LogP contribution in [-0.4, -0.2) is 31.9 Å². The standard InChI is InChI=1S/C19H26N2O3/c1-23-17-7-3-14(4-8-17)19(22,12-11-16(21)13-20)15-5-9-18(24-2)10-6-15/h3-10,16,22H,11-13,20-21H2,1-2H3. The molecule has 5 heteroatoms. The zero-order valence-electron chi connectivity index (χ0n) is 14.2. The summed E-state index contributed by atoms with van der Waals surface area (Å²) in [7, 11) is 3.23. The Kier molecular flexibility index (Phi) is 6.20. The second kappa shape index (κ2) is 8.15. The molecule has 0 bridgehead atoms. The number of rotatable bonds is 8. The molecule has 130 valence electrons. The number of hydrogen-bond acceptors (Lipinski definition) is 5. The van der Waals surface area contributed by atoms with E-state index in [2.05, 4.69) is 0 Å². The van der Waals surface area contributed by atoms with E-state index in [1.54, 1.807) is 14.2 Å². The first-order valence-electron chi connectivity index (χ1n) is 8.00. The van der Waals surface area contributed by atoms with Crippen LogP contribution in [0.1, 0.15) is 24.0 Å². The van der Waals surface area contributed by atoms with E-state index in [0.29, 0.717) is 19.4 Å². The second-order valence-corrected chi connectivity index (χ2v) is 5.85. The fourth-order valence-electron chi connectivity index (χ4n) is 2.70. The Morgan fingerprint density at radius 1 is 0.917 bits per heavy atom. The maximum absolute atomic E-state index is 11.4. The molecule has 0 spiro atoms. The predicted octanol–water partition coefficient (Wildman–Crippen LogP) is 2.01. The molecule has 2 rings (SSSR count). The van der Waals surface area contributed by atoms with Gasteiger partial charge in [-0.15, -0.1) is 0 Å². The van der Waals surface area contributed by atoms with Crippen molar-refractivity contribution in [3.63, 3.8) is 0 Å². The molecule has 0 amide bonds. The molecule has 5 N–H and O–H groups in total. The number of ether oxygens (including phenoxy) is 2. The number of aliphatic hydroxyl groups is 1. The van der Waals surface area contributed by atoms with Crippen molar-refractivity contribution < 1.29 is 14.6 Å². The van der Waals surface area contributed by atoms with Crippen molar-refractivity contribution in [1.29, 1.82) is 0 Å². The van der Waals surface area contributed by atoms with Crippen molar-refractivity contribution in [2.75, 3.05) is 20.8 Å². The van der Waals surface area contributed by atoms with Gasteiger partial charge in [0.1, 0.15) is 17.1 Å². The molecule has 0 saturated heterocycles. The van der Waals surface area contributed by atoms with E-state index in [1.165, 1.54) is 0 Å². The molecular formula is C19H26N2O3. The molecule has 0 radical (unpaired) electrons. The number of benzene rings is 2. The minimum absolute atomic E-state index is 0.145. The van der Waals surface area contributed by atoms with Crippen molar-refractivity contribution in [1.82, 2.24) is 0 Å². The van der Waals surface area contributed by atoms with Gasteiger partial charge in [0.25, 0.3) is 0 Å². The van der Waals surface area contributed by atoms with Crippen molar-refractivity contribution >= 4 is 0 Å². The van der Waals surface area contributed by atoms with Gasteiger partial charge in [-0.2, -0.15) is 0 Å². The molecule has 24 heavy (non-hydrogen) atoms. The lowest BCUT2D eigenvalue weighted by molar-refractivity contribution is 0.0667. The first-order valence-corrected chi connectivity index (χ1v) is 8.00. The van der Waals surface area contributed by atoms with Gasteiger partial charge in [-0.3, -0.25) is 0 Å². The average Bonchev–Trinajstić information content (AvgIpc) is 2.65. The van der Waals surface area contributed by atoms with Gasteiger partial charge in [0, 0.05) is 12.6 Å². The van der Waals surface area contributed by atoms with Crippen molar-refractivity contribution in [2.45, 2.75) is 24.5 Å². The van der Waals surface area contributed by atoms with Crippen molar-refractivity contribution in [3.8, 4) is 11.5 Å². The van der Waals surface area contributed by atoms with Gasteiger partial charge in [0.05, 0.1) is 14.2 Å². The Labute approximate surface area is 143 Å². The van der Waals surface area contributed by atoms with E-state index < -0.39 is 5.60 Å². The highest BCUT2D eigenvalue weighted by molar-refractivity contribution is 5.40. The zero-order chi connectivity index (χ0) is 17.6. The van der Waals surface area contributed by atoms with Crippen molar-refractivity contribution in [2.24, 2.45) is 11.5 Å². The van der Waals surface area contributed by atoms with E-state index >= 15 is 0 Å². The van der Waals surface area contributed by atoms with Crippen LogP contribution in [0, 0.1) is 0 Å². The largest absolute Gasteiger partial charge is 0.497 e. The molecule has 0 heterocycles. The molecule has 5 nitrogen and oxygen atoms in total. The summed E-state index contributed by atoms with van der Waals surface area (Å²) >= 11 is 0. The molecule has 0 aliphatic carbocycles. The van der Waals surface area contributed by atoms with Crippen LogP contribution in [0.4, 0.5) is 0 Å². The van der Waals surface area contributed by atoms with Gasteiger partial charge in [0.2, 0.25) is 0 Å². The zero-order valence-corrected chi connectivity index (χ0v) is 14.2. The van der Waals surface area contributed by atoms with E-state index in [-0.39, 0.29) is 6.04 Å². The molecule has 2 aromatic rings. The molecule has 0 saturated carbocycles. The molecule has 0 fully saturated rings. The molecule has 1 unspecified atom stereocenters. The van der Waals surface area contributed by atoms with Gasteiger partial charge in [-0.25, -0.2) is 0 Å². The SMILES string of the molecule is COc1ccc(C(O)(CCC(N)CN)c2ccc(OC)cc2)cc1. The van der Waals surface area contributed by atoms with Crippen LogP contribution in [0.15, 0.2) is 48.5 Å². The Balaban J connectivity index is 2.38. The smallest absolute Gasteiger partial charge is 0.118 e. The summed E-state index contributed by atoms with van der Waals surface area (Å²) < 4.78 is 10.4. The topological polar surface area (TPSA) is 90.7 Å². The quantitative estimate of drug-likeness (QED) is 0.689. The van der Waals surface area contributed by atoms with Crippen LogP contribution in [0.5, 0.6) is 11.5 Å². The first-order chi connectivity index (χ1) is 11.5. The third kappa shape index (κ3) is 4.06. The normalized spacial score (nSPS) is 12.7. The fraction of sp³-hybridized carbons (Fsp3) is 0.368. The summed E-state index contributed by atoms with van der Waals surface area (Å²) in [6.45, 7) is 0.390. The Morgan fingerprint density at radius 3 is 1.67 bits per heavy atom. The third-order valence-electron chi connectivity index (χ3n) is 4.31. The van der Waals surface area contributed by atoms with Gasteiger partial charge in [-0.1, -0.05) is 24.3 Å². The Morgan fingerprint density at radius 2 is 1.33 bits per heavy atom. The summed E-state index contributed by atoms with van der Waals surface area (Å²) in [5.41, 5.74) is 12.0. The Hall–Kier alpha value is -2.08. The highest BCUT2D eigenvalue weighted by Crippen LogP contribution is 2.36. The van der Waals surface area contributed by atoms with E-state index in [0.717, 1.165) is 22.6 Å².